The van der Waals surface area contributed by atoms with Gasteiger partial charge in [0.05, 0.1) is 21.7 Å². The number of aryl methyl sites for hydroxylation is 1. The predicted octanol–water partition coefficient (Wildman–Crippen LogP) is 3.04. The molecule has 0 spiro atoms. The topological polar surface area (TPSA) is 135 Å². The minimum Gasteiger partial charge on any atom is -0.481 e. The van der Waals surface area contributed by atoms with Crippen LogP contribution in [0.4, 0.5) is 5.69 Å². The number of nitrogens with two attached hydrogens (primary N) is 1. The number of aliphatic carboxylic acids is 1. The largest absolute Gasteiger partial charge is 0.481 e. The van der Waals surface area contributed by atoms with Crippen LogP contribution in [-0.4, -0.2) is 32.5 Å². The summed E-state index contributed by atoms with van der Waals surface area (Å²) < 4.78 is 0. The van der Waals surface area contributed by atoms with Gasteiger partial charge in [0.2, 0.25) is 0 Å². The molecule has 2 heterocycles. The molecule has 0 fully saturated rings. The van der Waals surface area contributed by atoms with Gasteiger partial charge in [0.1, 0.15) is 0 Å². The molecule has 0 saturated carbocycles. The molecular weight excluding hydrogens is 348 g/mol. The van der Waals surface area contributed by atoms with E-state index in [-0.39, 0.29) is 18.7 Å². The molecule has 2 aromatic heterocycles. The van der Waals surface area contributed by atoms with Crippen molar-refractivity contribution >= 4 is 22.6 Å². The van der Waals surface area contributed by atoms with Gasteiger partial charge in [-0.25, -0.2) is 0 Å². The molecule has 0 aliphatic carbocycles. The molecule has 1 atom stereocenters. The quantitative estimate of drug-likeness (QED) is 0.433. The molecule has 0 aliphatic rings. The van der Waals surface area contributed by atoms with Crippen molar-refractivity contribution in [1.82, 2.24) is 9.97 Å². The summed E-state index contributed by atoms with van der Waals surface area (Å²) in [6, 6.07) is 6.81. The molecule has 140 valence electrons. The molecule has 0 bridgehead atoms. The molecule has 3 rings (SSSR count). The maximum Gasteiger partial charge on any atom is 0.306 e. The number of non-ortho nitro benzene ring substituents is 1. The number of benzene rings is 1. The Labute approximate surface area is 155 Å². The van der Waals surface area contributed by atoms with Crippen LogP contribution in [0.3, 0.4) is 0 Å². The number of nitro groups is 1. The van der Waals surface area contributed by atoms with Crippen LogP contribution in [0.1, 0.15) is 17.7 Å². The van der Waals surface area contributed by atoms with E-state index in [2.05, 4.69) is 9.97 Å². The molecule has 27 heavy (non-hydrogen) atoms. The lowest BCUT2D eigenvalue weighted by Gasteiger charge is -2.11. The summed E-state index contributed by atoms with van der Waals surface area (Å²) >= 11 is 0. The van der Waals surface area contributed by atoms with Crippen LogP contribution in [0.15, 0.2) is 36.7 Å². The van der Waals surface area contributed by atoms with Crippen molar-refractivity contribution in [1.29, 1.82) is 0 Å². The zero-order chi connectivity index (χ0) is 19.6. The second kappa shape index (κ2) is 7.55. The highest BCUT2D eigenvalue weighted by atomic mass is 16.6. The Morgan fingerprint density at radius 2 is 2.04 bits per heavy atom. The first-order valence-corrected chi connectivity index (χ1v) is 8.55. The number of H-pyrrole nitrogens is 1. The molecule has 1 aromatic carbocycles. The van der Waals surface area contributed by atoms with Crippen molar-refractivity contribution in [2.24, 2.45) is 11.7 Å². The smallest absolute Gasteiger partial charge is 0.306 e. The number of nitrogens with one attached hydrogen (secondary N) is 1. The summed E-state index contributed by atoms with van der Waals surface area (Å²) in [4.78, 5) is 30.0. The van der Waals surface area contributed by atoms with E-state index in [0.29, 0.717) is 22.9 Å². The maximum atomic E-state index is 11.6. The van der Waals surface area contributed by atoms with E-state index in [1.165, 1.54) is 6.07 Å². The lowest BCUT2D eigenvalue weighted by molar-refractivity contribution is -0.383. The van der Waals surface area contributed by atoms with Crippen LogP contribution in [-0.2, 0) is 11.2 Å². The van der Waals surface area contributed by atoms with Gasteiger partial charge in [-0.1, -0.05) is 0 Å². The Morgan fingerprint density at radius 1 is 1.33 bits per heavy atom. The molecule has 0 aliphatic heterocycles. The van der Waals surface area contributed by atoms with E-state index in [1.807, 2.05) is 12.1 Å². The van der Waals surface area contributed by atoms with Gasteiger partial charge in [0, 0.05) is 29.7 Å². The number of nitrogens with zero attached hydrogens (tertiary/aromatic N) is 2. The molecule has 0 radical (unpaired) electrons. The monoisotopic (exact) mass is 368 g/mol. The second-order valence-electron chi connectivity index (χ2n) is 6.42. The zero-order valence-electron chi connectivity index (χ0n) is 14.8. The predicted molar refractivity (Wildman–Crippen MR) is 101 cm³/mol. The summed E-state index contributed by atoms with van der Waals surface area (Å²) in [5, 5.41) is 21.5. The Balaban J connectivity index is 2.24. The third-order valence-corrected chi connectivity index (χ3v) is 4.75. The fraction of sp³-hybridized carbons (Fsp3) is 0.263. The summed E-state index contributed by atoms with van der Waals surface area (Å²) in [6.07, 6.45) is 3.79. The molecule has 4 N–H and O–H groups in total. The minimum atomic E-state index is -0.956. The van der Waals surface area contributed by atoms with Crippen molar-refractivity contribution in [2.45, 2.75) is 19.8 Å². The number of nitro benzene ring substituents is 1. The molecular formula is C19H20N4O4. The third-order valence-electron chi connectivity index (χ3n) is 4.75. The number of aromatic amines is 1. The summed E-state index contributed by atoms with van der Waals surface area (Å²) in [7, 11) is 0. The molecule has 8 nitrogen and oxygen atoms in total. The highest BCUT2D eigenvalue weighted by molar-refractivity contribution is 6.02. The van der Waals surface area contributed by atoms with Crippen LogP contribution in [0, 0.1) is 23.0 Å². The van der Waals surface area contributed by atoms with E-state index < -0.39 is 16.8 Å². The summed E-state index contributed by atoms with van der Waals surface area (Å²) in [5.74, 6) is -1.65. The van der Waals surface area contributed by atoms with Crippen LogP contribution in [0.2, 0.25) is 0 Å². The average molecular weight is 368 g/mol. The molecule has 0 saturated heterocycles. The van der Waals surface area contributed by atoms with E-state index in [1.54, 1.807) is 25.4 Å². The zero-order valence-corrected chi connectivity index (χ0v) is 14.8. The van der Waals surface area contributed by atoms with Gasteiger partial charge >= 0.3 is 5.97 Å². The van der Waals surface area contributed by atoms with E-state index in [9.17, 15) is 20.0 Å². The third kappa shape index (κ3) is 3.52. The Bertz CT molecular complexity index is 998. The number of carboxylic acids is 1. The summed E-state index contributed by atoms with van der Waals surface area (Å²) in [5.41, 5.74) is 9.16. The number of pyridine rings is 1. The maximum absolute atomic E-state index is 11.6. The summed E-state index contributed by atoms with van der Waals surface area (Å²) in [6.45, 7) is 2.04. The normalized spacial score (nSPS) is 12.2. The number of hydrogen-bond acceptors (Lipinski definition) is 5. The van der Waals surface area contributed by atoms with Crippen LogP contribution in [0.5, 0.6) is 0 Å². The van der Waals surface area contributed by atoms with Crippen molar-refractivity contribution < 1.29 is 14.8 Å². The average Bonchev–Trinajstić information content (AvgIpc) is 2.97. The van der Waals surface area contributed by atoms with Crippen molar-refractivity contribution in [3.05, 3.63) is 58.0 Å². The number of fused-ring (bicyclic) bond motifs is 1. The number of rotatable bonds is 7. The van der Waals surface area contributed by atoms with Crippen molar-refractivity contribution in [2.75, 3.05) is 6.54 Å². The van der Waals surface area contributed by atoms with Crippen LogP contribution >= 0.6 is 0 Å². The first-order chi connectivity index (χ1) is 12.9. The van der Waals surface area contributed by atoms with Gasteiger partial charge in [-0.05, 0) is 55.6 Å². The molecule has 8 heteroatoms. The van der Waals surface area contributed by atoms with Gasteiger partial charge in [-0.2, -0.15) is 0 Å². The lowest BCUT2D eigenvalue weighted by atomic mass is 9.93. The number of hydrogen-bond donors (Lipinski definition) is 3. The van der Waals surface area contributed by atoms with E-state index in [4.69, 9.17) is 5.73 Å². The number of carboxylic acid groups (broad SMARTS) is 1. The van der Waals surface area contributed by atoms with Crippen molar-refractivity contribution in [3.63, 3.8) is 0 Å². The number of aromatic nitrogens is 2. The first-order valence-electron chi connectivity index (χ1n) is 8.55. The minimum absolute atomic E-state index is 0.0426. The number of carbonyl (C=O) groups is 1. The SMILES string of the molecule is Cc1[nH]c2c(-c3ccncc3)ccc([N+](=O)[O-])c2c1CC(CCN)C(=O)O. The second-order valence-corrected chi connectivity index (χ2v) is 6.42. The van der Waals surface area contributed by atoms with E-state index in [0.717, 1.165) is 16.8 Å². The first kappa shape index (κ1) is 18.5. The fourth-order valence-corrected chi connectivity index (χ4v) is 3.42. The fourth-order valence-electron chi connectivity index (χ4n) is 3.42. The van der Waals surface area contributed by atoms with Gasteiger partial charge in [-0.3, -0.25) is 19.9 Å². The highest BCUT2D eigenvalue weighted by Crippen LogP contribution is 2.38. The molecule has 0 amide bonds. The van der Waals surface area contributed by atoms with Crippen molar-refractivity contribution in [3.8, 4) is 11.1 Å². The Kier molecular flexibility index (Phi) is 5.18. The molecule has 3 aromatic rings. The Hall–Kier alpha value is -3.26. The van der Waals surface area contributed by atoms with Crippen LogP contribution in [0.25, 0.3) is 22.0 Å². The molecule has 1 unspecified atom stereocenters. The van der Waals surface area contributed by atoms with E-state index >= 15 is 0 Å². The highest BCUT2D eigenvalue weighted by Gasteiger charge is 2.26. The van der Waals surface area contributed by atoms with Gasteiger partial charge < -0.3 is 15.8 Å². The van der Waals surface area contributed by atoms with Gasteiger partial charge in [-0.15, -0.1) is 0 Å². The van der Waals surface area contributed by atoms with Gasteiger partial charge in [0.25, 0.3) is 5.69 Å². The lowest BCUT2D eigenvalue weighted by Crippen LogP contribution is -2.20. The standard InChI is InChI=1S/C19H20N4O4/c1-11-15(10-13(4-7-20)19(24)25)17-16(23(26)27)3-2-14(18(17)22-11)12-5-8-21-9-6-12/h2-3,5-6,8-9,13,22H,4,7,10,20H2,1H3,(H,24,25). The Morgan fingerprint density at radius 3 is 2.63 bits per heavy atom. The van der Waals surface area contributed by atoms with Gasteiger partial charge in [0.15, 0.2) is 0 Å². The van der Waals surface area contributed by atoms with Crippen LogP contribution < -0.4 is 5.73 Å².